The summed E-state index contributed by atoms with van der Waals surface area (Å²) in [5, 5.41) is 7.96. The first-order valence-corrected chi connectivity index (χ1v) is 7.25. The molecule has 1 heterocycles. The largest absolute Gasteiger partial charge is 0.497 e. The van der Waals surface area contributed by atoms with Crippen molar-refractivity contribution in [1.29, 1.82) is 0 Å². The predicted octanol–water partition coefficient (Wildman–Crippen LogP) is 2.65. The van der Waals surface area contributed by atoms with Crippen molar-refractivity contribution in [2.45, 2.75) is 13.1 Å². The number of urea groups is 1. The normalized spacial score (nSPS) is 10.7. The summed E-state index contributed by atoms with van der Waals surface area (Å²) in [6.07, 6.45) is 1.77. The maximum Gasteiger partial charge on any atom is 0.315 e. The van der Waals surface area contributed by atoms with Gasteiger partial charge in [-0.25, -0.2) is 4.79 Å². The molecule has 0 saturated heterocycles. The first-order chi connectivity index (χ1) is 11.2. The van der Waals surface area contributed by atoms with Gasteiger partial charge in [0.2, 0.25) is 0 Å². The van der Waals surface area contributed by atoms with Gasteiger partial charge in [0.25, 0.3) is 0 Å². The first kappa shape index (κ1) is 14.9. The van der Waals surface area contributed by atoms with Crippen LogP contribution >= 0.6 is 0 Å². The molecule has 3 N–H and O–H groups in total. The van der Waals surface area contributed by atoms with Gasteiger partial charge in [-0.1, -0.05) is 24.3 Å². The lowest BCUT2D eigenvalue weighted by Crippen LogP contribution is -2.34. The molecule has 0 saturated carbocycles. The zero-order valence-electron chi connectivity index (χ0n) is 12.8. The molecule has 2 amide bonds. The molecule has 3 rings (SSSR count). The van der Waals surface area contributed by atoms with E-state index >= 15 is 0 Å². The third kappa shape index (κ3) is 3.42. The molecule has 0 aliphatic heterocycles. The van der Waals surface area contributed by atoms with E-state index in [2.05, 4.69) is 10.2 Å². The Balaban J connectivity index is 1.76. The van der Waals surface area contributed by atoms with Crippen molar-refractivity contribution >= 4 is 16.9 Å². The van der Waals surface area contributed by atoms with E-state index in [0.717, 1.165) is 27.8 Å². The van der Waals surface area contributed by atoms with E-state index in [1.807, 2.05) is 42.5 Å². The molecule has 1 aromatic heterocycles. The Kier molecular flexibility index (Phi) is 4.14. The van der Waals surface area contributed by atoms with Crippen LogP contribution in [0.15, 0.2) is 48.7 Å². The molecular formula is C17H18N4O2. The monoisotopic (exact) mass is 310 g/mol. The second-order valence-corrected chi connectivity index (χ2v) is 5.33. The molecule has 2 aromatic carbocycles. The van der Waals surface area contributed by atoms with Crippen molar-refractivity contribution in [2.75, 3.05) is 7.11 Å². The molecule has 118 valence electrons. The number of H-pyrrole nitrogens is 1. The number of carbonyl (C=O) groups is 1. The van der Waals surface area contributed by atoms with Gasteiger partial charge in [-0.3, -0.25) is 5.10 Å². The SMILES string of the molecule is COc1ccc(CN(Cc2ccc3cn[nH]c3c2)C(N)=O)cc1. The van der Waals surface area contributed by atoms with E-state index < -0.39 is 6.03 Å². The second kappa shape index (κ2) is 6.39. The number of aromatic nitrogens is 2. The van der Waals surface area contributed by atoms with Crippen LogP contribution in [-0.2, 0) is 13.1 Å². The molecular weight excluding hydrogens is 292 g/mol. The zero-order chi connectivity index (χ0) is 16.2. The number of nitrogens with two attached hydrogens (primary N) is 1. The van der Waals surface area contributed by atoms with Crippen molar-refractivity contribution < 1.29 is 9.53 Å². The maximum absolute atomic E-state index is 11.7. The second-order valence-electron chi connectivity index (χ2n) is 5.33. The van der Waals surface area contributed by atoms with Gasteiger partial charge < -0.3 is 15.4 Å². The summed E-state index contributed by atoms with van der Waals surface area (Å²) >= 11 is 0. The molecule has 0 aliphatic carbocycles. The molecule has 0 unspecified atom stereocenters. The molecule has 0 aliphatic rings. The third-order valence-electron chi connectivity index (χ3n) is 3.72. The van der Waals surface area contributed by atoms with Crippen LogP contribution in [-0.4, -0.2) is 28.2 Å². The lowest BCUT2D eigenvalue weighted by atomic mass is 10.1. The number of methoxy groups -OCH3 is 1. The summed E-state index contributed by atoms with van der Waals surface area (Å²) in [6, 6.07) is 13.1. The molecule has 23 heavy (non-hydrogen) atoms. The van der Waals surface area contributed by atoms with Gasteiger partial charge in [-0.05, 0) is 29.3 Å². The number of nitrogens with one attached hydrogen (secondary N) is 1. The number of nitrogens with zero attached hydrogens (tertiary/aromatic N) is 2. The van der Waals surface area contributed by atoms with E-state index in [1.54, 1.807) is 18.2 Å². The number of amides is 2. The van der Waals surface area contributed by atoms with Crippen molar-refractivity contribution in [1.82, 2.24) is 15.1 Å². The van der Waals surface area contributed by atoms with Crippen molar-refractivity contribution in [3.63, 3.8) is 0 Å². The third-order valence-corrected chi connectivity index (χ3v) is 3.72. The summed E-state index contributed by atoms with van der Waals surface area (Å²) < 4.78 is 5.14. The number of fused-ring (bicyclic) bond motifs is 1. The fourth-order valence-electron chi connectivity index (χ4n) is 2.47. The highest BCUT2D eigenvalue weighted by Gasteiger charge is 2.12. The van der Waals surface area contributed by atoms with E-state index in [-0.39, 0.29) is 0 Å². The number of hydrogen-bond donors (Lipinski definition) is 2. The van der Waals surface area contributed by atoms with Crippen LogP contribution in [0.4, 0.5) is 4.79 Å². The number of primary amides is 1. The smallest absolute Gasteiger partial charge is 0.315 e. The van der Waals surface area contributed by atoms with Crippen LogP contribution in [0.5, 0.6) is 5.75 Å². The summed E-state index contributed by atoms with van der Waals surface area (Å²) in [6.45, 7) is 0.886. The standard InChI is InChI=1S/C17H18N4O2/c1-23-15-6-3-12(4-7-15)10-21(17(18)22)11-13-2-5-14-9-19-20-16(14)8-13/h2-9H,10-11H2,1H3,(H2,18,22)(H,19,20). The number of hydrogen-bond acceptors (Lipinski definition) is 3. The van der Waals surface area contributed by atoms with Crippen molar-refractivity contribution in [3.8, 4) is 5.75 Å². The van der Waals surface area contributed by atoms with Crippen molar-refractivity contribution in [2.24, 2.45) is 5.73 Å². The van der Waals surface area contributed by atoms with Crippen LogP contribution < -0.4 is 10.5 Å². The minimum absolute atomic E-state index is 0.441. The molecule has 3 aromatic rings. The minimum atomic E-state index is -0.453. The van der Waals surface area contributed by atoms with E-state index in [9.17, 15) is 4.79 Å². The van der Waals surface area contributed by atoms with Crippen LogP contribution in [0.3, 0.4) is 0 Å². The van der Waals surface area contributed by atoms with Crippen LogP contribution in [0.1, 0.15) is 11.1 Å². The highest BCUT2D eigenvalue weighted by atomic mass is 16.5. The van der Waals surface area contributed by atoms with Crippen LogP contribution in [0.25, 0.3) is 10.9 Å². The van der Waals surface area contributed by atoms with Gasteiger partial charge in [-0.2, -0.15) is 5.10 Å². The lowest BCUT2D eigenvalue weighted by molar-refractivity contribution is 0.202. The number of carbonyl (C=O) groups excluding carboxylic acids is 1. The highest BCUT2D eigenvalue weighted by molar-refractivity contribution is 5.78. The summed E-state index contributed by atoms with van der Waals surface area (Å²) in [4.78, 5) is 13.3. The highest BCUT2D eigenvalue weighted by Crippen LogP contribution is 2.17. The fraction of sp³-hybridized carbons (Fsp3) is 0.176. The lowest BCUT2D eigenvalue weighted by Gasteiger charge is -2.20. The van der Waals surface area contributed by atoms with Gasteiger partial charge in [0.1, 0.15) is 5.75 Å². The van der Waals surface area contributed by atoms with Gasteiger partial charge in [0, 0.05) is 18.5 Å². The maximum atomic E-state index is 11.7. The van der Waals surface area contributed by atoms with E-state index in [0.29, 0.717) is 13.1 Å². The Morgan fingerprint density at radius 1 is 1.17 bits per heavy atom. The molecule has 0 spiro atoms. The quantitative estimate of drug-likeness (QED) is 0.760. The molecule has 6 nitrogen and oxygen atoms in total. The van der Waals surface area contributed by atoms with Crippen LogP contribution in [0, 0.1) is 0 Å². The Bertz CT molecular complexity index is 811. The number of ether oxygens (including phenoxy) is 1. The Hall–Kier alpha value is -3.02. The number of benzene rings is 2. The molecule has 0 atom stereocenters. The first-order valence-electron chi connectivity index (χ1n) is 7.25. The molecule has 6 heteroatoms. The zero-order valence-corrected chi connectivity index (χ0v) is 12.8. The Labute approximate surface area is 133 Å². The molecule has 0 radical (unpaired) electrons. The summed E-state index contributed by atoms with van der Waals surface area (Å²) in [5.74, 6) is 0.782. The molecule has 0 bridgehead atoms. The van der Waals surface area contributed by atoms with Gasteiger partial charge in [0.15, 0.2) is 0 Å². The van der Waals surface area contributed by atoms with E-state index in [1.165, 1.54) is 0 Å². The number of aromatic amines is 1. The van der Waals surface area contributed by atoms with Crippen LogP contribution in [0.2, 0.25) is 0 Å². The van der Waals surface area contributed by atoms with E-state index in [4.69, 9.17) is 10.5 Å². The van der Waals surface area contributed by atoms with Gasteiger partial charge in [-0.15, -0.1) is 0 Å². The van der Waals surface area contributed by atoms with Gasteiger partial charge in [0.05, 0.1) is 18.8 Å². The predicted molar refractivity (Wildman–Crippen MR) is 87.9 cm³/mol. The van der Waals surface area contributed by atoms with Crippen molar-refractivity contribution in [3.05, 3.63) is 59.8 Å². The Morgan fingerprint density at radius 3 is 2.57 bits per heavy atom. The number of rotatable bonds is 5. The summed E-state index contributed by atoms with van der Waals surface area (Å²) in [5.41, 5.74) is 8.45. The fourth-order valence-corrected chi connectivity index (χ4v) is 2.47. The topological polar surface area (TPSA) is 84.2 Å². The molecule has 0 fully saturated rings. The van der Waals surface area contributed by atoms with Gasteiger partial charge >= 0.3 is 6.03 Å². The average molecular weight is 310 g/mol. The minimum Gasteiger partial charge on any atom is -0.497 e. The summed E-state index contributed by atoms with van der Waals surface area (Å²) in [7, 11) is 1.62. The average Bonchev–Trinajstić information content (AvgIpc) is 3.02. The Morgan fingerprint density at radius 2 is 1.87 bits per heavy atom.